The topological polar surface area (TPSA) is 30.2 Å². The average molecular weight is 409 g/mol. The predicted octanol–water partition coefficient (Wildman–Crippen LogP) is 7.32. The highest BCUT2D eigenvalue weighted by Crippen LogP contribution is 2.39. The van der Waals surface area contributed by atoms with Crippen molar-refractivity contribution in [2.24, 2.45) is 0 Å². The van der Waals surface area contributed by atoms with Crippen LogP contribution in [-0.4, -0.2) is 14.4 Å². The Balaban J connectivity index is 1.83. The molecule has 3 heterocycles. The van der Waals surface area contributed by atoms with Crippen molar-refractivity contribution >= 4 is 49.3 Å². The molecule has 0 amide bonds. The van der Waals surface area contributed by atoms with Gasteiger partial charge in [-0.1, -0.05) is 78.9 Å². The first-order chi connectivity index (χ1) is 15.8. The van der Waals surface area contributed by atoms with Gasteiger partial charge in [-0.15, -0.1) is 0 Å². The number of fused-ring (bicyclic) bond motifs is 9. The van der Waals surface area contributed by atoms with Crippen LogP contribution in [-0.2, 0) is 0 Å². The summed E-state index contributed by atoms with van der Waals surface area (Å²) in [5, 5.41) is 4.86. The van der Waals surface area contributed by atoms with Crippen molar-refractivity contribution < 1.29 is 0 Å². The fraction of sp³-hybridized carbons (Fsp3) is 0.0345. The normalized spacial score (nSPS) is 11.9. The number of benzene rings is 4. The van der Waals surface area contributed by atoms with Gasteiger partial charge in [0.2, 0.25) is 0 Å². The van der Waals surface area contributed by atoms with Crippen molar-refractivity contribution in [2.75, 3.05) is 0 Å². The van der Waals surface area contributed by atoms with E-state index in [9.17, 15) is 0 Å². The Kier molecular flexibility index (Phi) is 3.48. The second-order valence-corrected chi connectivity index (χ2v) is 8.36. The Morgan fingerprint density at radius 3 is 2.22 bits per heavy atom. The summed E-state index contributed by atoms with van der Waals surface area (Å²) >= 11 is 0. The minimum absolute atomic E-state index is 0.897. The first-order valence-electron chi connectivity index (χ1n) is 10.9. The maximum absolute atomic E-state index is 5.14. The number of pyridine rings is 1. The molecule has 0 bridgehead atoms. The van der Waals surface area contributed by atoms with Crippen LogP contribution in [0, 0.1) is 6.92 Å². The summed E-state index contributed by atoms with van der Waals surface area (Å²) in [4.78, 5) is 10.3. The van der Waals surface area contributed by atoms with E-state index in [1.165, 1.54) is 32.8 Å². The van der Waals surface area contributed by atoms with Crippen LogP contribution in [0.1, 0.15) is 5.56 Å². The molecular weight excluding hydrogens is 390 g/mol. The van der Waals surface area contributed by atoms with Crippen molar-refractivity contribution in [2.45, 2.75) is 6.92 Å². The Hall–Kier alpha value is -4.24. The molecule has 0 saturated carbocycles. The molecule has 3 nitrogen and oxygen atoms in total. The van der Waals surface area contributed by atoms with E-state index >= 15 is 0 Å². The quantitative estimate of drug-likeness (QED) is 0.210. The molecule has 7 aromatic rings. The van der Waals surface area contributed by atoms with Gasteiger partial charge in [0, 0.05) is 10.8 Å². The largest absolute Gasteiger partial charge is 0.292 e. The van der Waals surface area contributed by atoms with Crippen molar-refractivity contribution in [1.82, 2.24) is 14.4 Å². The molecule has 0 spiro atoms. The summed E-state index contributed by atoms with van der Waals surface area (Å²) < 4.78 is 2.31. The summed E-state index contributed by atoms with van der Waals surface area (Å²) in [7, 11) is 0. The molecular formula is C29H19N3. The van der Waals surface area contributed by atoms with Gasteiger partial charge in [-0.25, -0.2) is 9.97 Å². The molecule has 0 aliphatic heterocycles. The van der Waals surface area contributed by atoms with Gasteiger partial charge in [-0.3, -0.25) is 4.40 Å². The lowest BCUT2D eigenvalue weighted by Gasteiger charge is -2.14. The Morgan fingerprint density at radius 2 is 1.38 bits per heavy atom. The van der Waals surface area contributed by atoms with Crippen molar-refractivity contribution in [3.8, 4) is 11.3 Å². The molecule has 0 N–H and O–H groups in total. The lowest BCUT2D eigenvalue weighted by atomic mass is 10.00. The third-order valence-corrected chi connectivity index (χ3v) is 6.45. The fourth-order valence-corrected chi connectivity index (χ4v) is 5.04. The smallest absolute Gasteiger partial charge is 0.165 e. The molecule has 3 aromatic heterocycles. The second-order valence-electron chi connectivity index (χ2n) is 8.36. The summed E-state index contributed by atoms with van der Waals surface area (Å²) in [6, 6.07) is 34.0. The molecule has 3 heteroatoms. The monoisotopic (exact) mass is 409 g/mol. The molecule has 0 atom stereocenters. The first kappa shape index (κ1) is 17.4. The molecule has 0 aliphatic rings. The van der Waals surface area contributed by atoms with Crippen molar-refractivity contribution in [3.63, 3.8) is 0 Å². The van der Waals surface area contributed by atoms with E-state index in [2.05, 4.69) is 84.1 Å². The van der Waals surface area contributed by atoms with Crippen LogP contribution >= 0.6 is 0 Å². The zero-order valence-corrected chi connectivity index (χ0v) is 17.6. The Labute approximate surface area is 184 Å². The lowest BCUT2D eigenvalue weighted by Crippen LogP contribution is -1.99. The molecule has 7 rings (SSSR count). The number of hydrogen-bond acceptors (Lipinski definition) is 2. The summed E-state index contributed by atoms with van der Waals surface area (Å²) in [6.45, 7) is 2.20. The molecule has 150 valence electrons. The summed E-state index contributed by atoms with van der Waals surface area (Å²) in [6.07, 6.45) is 0. The molecule has 0 saturated heterocycles. The van der Waals surface area contributed by atoms with E-state index in [4.69, 9.17) is 9.97 Å². The molecule has 0 aliphatic carbocycles. The predicted molar refractivity (Wildman–Crippen MR) is 133 cm³/mol. The number of para-hydroxylation sites is 2. The van der Waals surface area contributed by atoms with Crippen LogP contribution in [0.5, 0.6) is 0 Å². The molecule has 4 aromatic carbocycles. The van der Waals surface area contributed by atoms with Gasteiger partial charge < -0.3 is 0 Å². The van der Waals surface area contributed by atoms with Gasteiger partial charge in [-0.2, -0.15) is 0 Å². The maximum Gasteiger partial charge on any atom is 0.165 e. The molecule has 0 fully saturated rings. The average Bonchev–Trinajstić information content (AvgIpc) is 3.20. The minimum atomic E-state index is 0.897. The van der Waals surface area contributed by atoms with Crippen LogP contribution in [0.15, 0.2) is 97.1 Å². The maximum atomic E-state index is 5.14. The number of hydrogen-bond donors (Lipinski definition) is 0. The van der Waals surface area contributed by atoms with Crippen molar-refractivity contribution in [3.05, 3.63) is 103 Å². The van der Waals surface area contributed by atoms with Gasteiger partial charge in [0.05, 0.1) is 22.2 Å². The number of rotatable bonds is 1. The summed E-state index contributed by atoms with van der Waals surface area (Å²) in [5.41, 5.74) is 8.41. The first-order valence-corrected chi connectivity index (χ1v) is 10.9. The van der Waals surface area contributed by atoms with E-state index in [-0.39, 0.29) is 0 Å². The van der Waals surface area contributed by atoms with Crippen LogP contribution in [0.4, 0.5) is 0 Å². The second kappa shape index (κ2) is 6.38. The number of aromatic nitrogens is 3. The minimum Gasteiger partial charge on any atom is -0.292 e. The third kappa shape index (κ3) is 2.31. The van der Waals surface area contributed by atoms with Crippen LogP contribution in [0.3, 0.4) is 0 Å². The Bertz CT molecular complexity index is 1830. The highest BCUT2D eigenvalue weighted by Gasteiger charge is 2.19. The van der Waals surface area contributed by atoms with Gasteiger partial charge in [0.25, 0.3) is 0 Å². The van der Waals surface area contributed by atoms with E-state index in [1.807, 2.05) is 24.3 Å². The van der Waals surface area contributed by atoms with Crippen LogP contribution in [0.25, 0.3) is 60.5 Å². The zero-order valence-electron chi connectivity index (χ0n) is 17.6. The Morgan fingerprint density at radius 1 is 0.656 bits per heavy atom. The van der Waals surface area contributed by atoms with E-state index in [0.29, 0.717) is 0 Å². The zero-order chi connectivity index (χ0) is 21.2. The van der Waals surface area contributed by atoms with Gasteiger partial charge in [0.1, 0.15) is 5.52 Å². The fourth-order valence-electron chi connectivity index (χ4n) is 5.04. The van der Waals surface area contributed by atoms with Crippen LogP contribution in [0.2, 0.25) is 0 Å². The SMILES string of the molecule is Cc1cc(-c2ccccc2)n2c3nc4ccccc4nc3c3ccc4ccccc4c3c12. The lowest BCUT2D eigenvalue weighted by molar-refractivity contribution is 1.21. The highest BCUT2D eigenvalue weighted by molar-refractivity contribution is 6.23. The molecule has 32 heavy (non-hydrogen) atoms. The number of aryl methyl sites for hydroxylation is 1. The van der Waals surface area contributed by atoms with E-state index in [1.54, 1.807) is 0 Å². The van der Waals surface area contributed by atoms with Gasteiger partial charge in [0.15, 0.2) is 5.65 Å². The van der Waals surface area contributed by atoms with E-state index in [0.717, 1.165) is 33.3 Å². The van der Waals surface area contributed by atoms with E-state index < -0.39 is 0 Å². The van der Waals surface area contributed by atoms with Gasteiger partial charge >= 0.3 is 0 Å². The molecule has 0 radical (unpaired) electrons. The standard InChI is InChI=1S/C29H19N3/c1-18-17-25(20-10-3-2-4-11-20)32-28(18)26-21-12-6-5-9-19(21)15-16-22(26)27-29(32)31-24-14-8-7-13-23(24)30-27/h2-17H,1H3. The number of nitrogens with zero attached hydrogens (tertiary/aromatic N) is 3. The van der Waals surface area contributed by atoms with Crippen LogP contribution < -0.4 is 0 Å². The van der Waals surface area contributed by atoms with Gasteiger partial charge in [-0.05, 0) is 47.0 Å². The third-order valence-electron chi connectivity index (χ3n) is 6.45. The molecule has 0 unspecified atom stereocenters. The summed E-state index contributed by atoms with van der Waals surface area (Å²) in [5.74, 6) is 0. The van der Waals surface area contributed by atoms with Crippen molar-refractivity contribution in [1.29, 1.82) is 0 Å². The highest BCUT2D eigenvalue weighted by atomic mass is 15.0.